The highest BCUT2D eigenvalue weighted by molar-refractivity contribution is 5.95. The Hall–Kier alpha value is -2.62. The van der Waals surface area contributed by atoms with Crippen LogP contribution in [0.5, 0.6) is 0 Å². The van der Waals surface area contributed by atoms with Crippen LogP contribution in [0.3, 0.4) is 0 Å². The van der Waals surface area contributed by atoms with E-state index in [0.29, 0.717) is 25.1 Å². The molecule has 4 heteroatoms. The van der Waals surface area contributed by atoms with E-state index in [1.807, 2.05) is 56.3 Å². The first-order valence-corrected chi connectivity index (χ1v) is 8.22. The Kier molecular flexibility index (Phi) is 6.55. The third-order valence-electron chi connectivity index (χ3n) is 3.88. The predicted molar refractivity (Wildman–Crippen MR) is 96.0 cm³/mol. The second kappa shape index (κ2) is 8.87. The van der Waals surface area contributed by atoms with E-state index in [9.17, 15) is 9.59 Å². The third kappa shape index (κ3) is 5.54. The molecule has 2 amide bonds. The molecule has 0 aliphatic rings. The molecule has 0 saturated carbocycles. The largest absolute Gasteiger partial charge is 0.354 e. The van der Waals surface area contributed by atoms with Crippen LogP contribution < -0.4 is 10.6 Å². The lowest BCUT2D eigenvalue weighted by Crippen LogP contribution is -2.35. The summed E-state index contributed by atoms with van der Waals surface area (Å²) in [6, 6.07) is 15.6. The fourth-order valence-corrected chi connectivity index (χ4v) is 2.40. The second-order valence-electron chi connectivity index (χ2n) is 5.91. The van der Waals surface area contributed by atoms with Crippen LogP contribution >= 0.6 is 0 Å². The van der Waals surface area contributed by atoms with Crippen LogP contribution in [0.1, 0.15) is 33.5 Å². The van der Waals surface area contributed by atoms with Gasteiger partial charge in [-0.3, -0.25) is 9.59 Å². The van der Waals surface area contributed by atoms with Gasteiger partial charge in [0.05, 0.1) is 0 Å². The molecule has 0 saturated heterocycles. The Bertz CT molecular complexity index is 693. The maximum Gasteiger partial charge on any atom is 0.251 e. The summed E-state index contributed by atoms with van der Waals surface area (Å²) < 4.78 is 0. The normalized spacial score (nSPS) is 10.2. The number of hydrogen-bond acceptors (Lipinski definition) is 2. The van der Waals surface area contributed by atoms with E-state index in [-0.39, 0.29) is 11.8 Å². The minimum atomic E-state index is -0.109. The molecule has 0 heterocycles. The highest BCUT2D eigenvalue weighted by Gasteiger charge is 2.07. The van der Waals surface area contributed by atoms with Crippen LogP contribution in [0, 0.1) is 13.8 Å². The zero-order valence-electron chi connectivity index (χ0n) is 14.3. The van der Waals surface area contributed by atoms with Crippen LogP contribution in [0.25, 0.3) is 0 Å². The Balaban J connectivity index is 1.65. The fourth-order valence-electron chi connectivity index (χ4n) is 2.40. The SMILES string of the molecule is Cc1ccc(CCC(=O)NCCNC(=O)c2ccccc2C)cc1. The van der Waals surface area contributed by atoms with Crippen molar-refractivity contribution in [2.45, 2.75) is 26.7 Å². The summed E-state index contributed by atoms with van der Waals surface area (Å²) in [7, 11) is 0. The molecule has 0 fully saturated rings. The molecule has 0 aliphatic carbocycles. The first-order valence-electron chi connectivity index (χ1n) is 8.22. The number of nitrogens with one attached hydrogen (secondary N) is 2. The molecular weight excluding hydrogens is 300 g/mol. The van der Waals surface area contributed by atoms with Crippen LogP contribution in [-0.4, -0.2) is 24.9 Å². The van der Waals surface area contributed by atoms with Crippen molar-refractivity contribution in [3.63, 3.8) is 0 Å². The zero-order chi connectivity index (χ0) is 17.4. The van der Waals surface area contributed by atoms with Crippen molar-refractivity contribution in [3.8, 4) is 0 Å². The first-order chi connectivity index (χ1) is 11.6. The van der Waals surface area contributed by atoms with Gasteiger partial charge in [-0.2, -0.15) is 0 Å². The number of carbonyl (C=O) groups is 2. The average Bonchev–Trinajstić information content (AvgIpc) is 2.58. The molecule has 2 rings (SSSR count). The van der Waals surface area contributed by atoms with Gasteiger partial charge in [-0.25, -0.2) is 0 Å². The van der Waals surface area contributed by atoms with Gasteiger partial charge in [0.1, 0.15) is 0 Å². The quantitative estimate of drug-likeness (QED) is 0.770. The molecule has 0 unspecified atom stereocenters. The van der Waals surface area contributed by atoms with Crippen molar-refractivity contribution >= 4 is 11.8 Å². The Morgan fingerprint density at radius 3 is 2.25 bits per heavy atom. The lowest BCUT2D eigenvalue weighted by molar-refractivity contribution is -0.121. The van der Waals surface area contributed by atoms with Gasteiger partial charge in [0.25, 0.3) is 5.91 Å². The number of aryl methyl sites for hydroxylation is 3. The monoisotopic (exact) mass is 324 g/mol. The summed E-state index contributed by atoms with van der Waals surface area (Å²) in [6.07, 6.45) is 1.18. The van der Waals surface area contributed by atoms with Crippen LogP contribution in [0.4, 0.5) is 0 Å². The average molecular weight is 324 g/mol. The standard InChI is InChI=1S/C20H24N2O2/c1-15-7-9-17(10-8-15)11-12-19(23)21-13-14-22-20(24)18-6-4-3-5-16(18)2/h3-10H,11-14H2,1-2H3,(H,21,23)(H,22,24). The highest BCUT2D eigenvalue weighted by Crippen LogP contribution is 2.06. The smallest absolute Gasteiger partial charge is 0.251 e. The van der Waals surface area contributed by atoms with Gasteiger partial charge < -0.3 is 10.6 Å². The maximum absolute atomic E-state index is 12.0. The number of amides is 2. The number of rotatable bonds is 7. The molecule has 126 valence electrons. The van der Waals surface area contributed by atoms with E-state index >= 15 is 0 Å². The highest BCUT2D eigenvalue weighted by atomic mass is 16.2. The first kappa shape index (κ1) is 17.7. The maximum atomic E-state index is 12.0. The minimum Gasteiger partial charge on any atom is -0.354 e. The number of carbonyl (C=O) groups excluding carboxylic acids is 2. The van der Waals surface area contributed by atoms with Gasteiger partial charge in [-0.05, 0) is 37.5 Å². The van der Waals surface area contributed by atoms with Crippen LogP contribution in [-0.2, 0) is 11.2 Å². The van der Waals surface area contributed by atoms with Gasteiger partial charge in [-0.1, -0.05) is 48.0 Å². The summed E-state index contributed by atoms with van der Waals surface area (Å²) in [5, 5.41) is 5.65. The van der Waals surface area contributed by atoms with Gasteiger partial charge >= 0.3 is 0 Å². The molecule has 24 heavy (non-hydrogen) atoms. The number of hydrogen-bond donors (Lipinski definition) is 2. The van der Waals surface area contributed by atoms with Crippen molar-refractivity contribution in [2.75, 3.05) is 13.1 Å². The van der Waals surface area contributed by atoms with Crippen molar-refractivity contribution < 1.29 is 9.59 Å². The minimum absolute atomic E-state index is 0.000663. The molecule has 2 N–H and O–H groups in total. The molecule has 0 bridgehead atoms. The zero-order valence-corrected chi connectivity index (χ0v) is 14.3. The summed E-state index contributed by atoms with van der Waals surface area (Å²) >= 11 is 0. The van der Waals surface area contributed by atoms with E-state index in [0.717, 1.165) is 17.5 Å². The molecule has 0 aromatic heterocycles. The predicted octanol–water partition coefficient (Wildman–Crippen LogP) is 2.78. The van der Waals surface area contributed by atoms with Crippen molar-refractivity contribution in [2.24, 2.45) is 0 Å². The summed E-state index contributed by atoms with van der Waals surface area (Å²) in [5.41, 5.74) is 3.98. The van der Waals surface area contributed by atoms with E-state index in [4.69, 9.17) is 0 Å². The molecule has 0 radical (unpaired) electrons. The van der Waals surface area contributed by atoms with E-state index < -0.39 is 0 Å². The van der Waals surface area contributed by atoms with E-state index in [1.165, 1.54) is 5.56 Å². The lowest BCUT2D eigenvalue weighted by atomic mass is 10.1. The Morgan fingerprint density at radius 1 is 0.875 bits per heavy atom. The molecular formula is C20H24N2O2. The van der Waals surface area contributed by atoms with Crippen LogP contribution in [0.15, 0.2) is 48.5 Å². The fraction of sp³-hybridized carbons (Fsp3) is 0.300. The van der Waals surface area contributed by atoms with E-state index in [1.54, 1.807) is 6.07 Å². The second-order valence-corrected chi connectivity index (χ2v) is 5.91. The van der Waals surface area contributed by atoms with Crippen molar-refractivity contribution in [3.05, 3.63) is 70.8 Å². The van der Waals surface area contributed by atoms with Gasteiger partial charge in [0, 0.05) is 25.1 Å². The lowest BCUT2D eigenvalue weighted by Gasteiger charge is -2.09. The van der Waals surface area contributed by atoms with Crippen LogP contribution in [0.2, 0.25) is 0 Å². The summed E-state index contributed by atoms with van der Waals surface area (Å²) in [5.74, 6) is -0.109. The summed E-state index contributed by atoms with van der Waals surface area (Å²) in [6.45, 7) is 4.80. The molecule has 0 spiro atoms. The summed E-state index contributed by atoms with van der Waals surface area (Å²) in [4.78, 5) is 23.9. The Morgan fingerprint density at radius 2 is 1.54 bits per heavy atom. The third-order valence-corrected chi connectivity index (χ3v) is 3.88. The molecule has 2 aromatic rings. The van der Waals surface area contributed by atoms with Gasteiger partial charge in [0.15, 0.2) is 0 Å². The number of benzene rings is 2. The van der Waals surface area contributed by atoms with Gasteiger partial charge in [0.2, 0.25) is 5.91 Å². The Labute approximate surface area is 143 Å². The van der Waals surface area contributed by atoms with Crippen molar-refractivity contribution in [1.82, 2.24) is 10.6 Å². The topological polar surface area (TPSA) is 58.2 Å². The van der Waals surface area contributed by atoms with Gasteiger partial charge in [-0.15, -0.1) is 0 Å². The molecule has 2 aromatic carbocycles. The molecule has 0 aliphatic heterocycles. The van der Waals surface area contributed by atoms with Crippen molar-refractivity contribution in [1.29, 1.82) is 0 Å². The molecule has 0 atom stereocenters. The molecule has 4 nitrogen and oxygen atoms in total. The van der Waals surface area contributed by atoms with E-state index in [2.05, 4.69) is 10.6 Å².